The van der Waals surface area contributed by atoms with Crippen molar-refractivity contribution in [3.63, 3.8) is 0 Å². The molecule has 0 saturated heterocycles. The van der Waals surface area contributed by atoms with Crippen LogP contribution >= 0.6 is 11.8 Å². The number of aliphatic hydroxyl groups is 3. The lowest BCUT2D eigenvalue weighted by Gasteiger charge is -2.17. The maximum absolute atomic E-state index is 12.2. The Morgan fingerprint density at radius 1 is 1.40 bits per heavy atom. The van der Waals surface area contributed by atoms with Crippen molar-refractivity contribution >= 4 is 22.9 Å². The van der Waals surface area contributed by atoms with E-state index < -0.39 is 29.9 Å². The second kappa shape index (κ2) is 7.79. The van der Waals surface area contributed by atoms with Gasteiger partial charge in [0.15, 0.2) is 16.3 Å². The lowest BCUT2D eigenvalue weighted by Crippen LogP contribution is -2.33. The van der Waals surface area contributed by atoms with Crippen molar-refractivity contribution in [2.45, 2.75) is 49.3 Å². The van der Waals surface area contributed by atoms with Gasteiger partial charge in [-0.05, 0) is 6.42 Å². The van der Waals surface area contributed by atoms with Crippen LogP contribution in [0.15, 0.2) is 9.95 Å². The highest BCUT2D eigenvalue weighted by molar-refractivity contribution is 7.99. The first kappa shape index (κ1) is 18.3. The van der Waals surface area contributed by atoms with Gasteiger partial charge in [-0.3, -0.25) is 9.78 Å². The first-order valence-electron chi connectivity index (χ1n) is 8.13. The van der Waals surface area contributed by atoms with E-state index in [4.69, 9.17) is 9.84 Å². The minimum atomic E-state index is -1.14. The number of hydrogen-bond acceptors (Lipinski definition) is 9. The van der Waals surface area contributed by atoms with Gasteiger partial charge in [0.25, 0.3) is 5.56 Å². The van der Waals surface area contributed by atoms with Gasteiger partial charge in [0.1, 0.15) is 12.2 Å². The number of thioether (sulfide) groups is 1. The minimum Gasteiger partial charge on any atom is -0.394 e. The Labute approximate surface area is 147 Å². The number of rotatable bonds is 7. The van der Waals surface area contributed by atoms with Crippen LogP contribution in [0.5, 0.6) is 0 Å². The van der Waals surface area contributed by atoms with Crippen LogP contribution in [0.4, 0.5) is 0 Å². The molecule has 0 aliphatic heterocycles. The van der Waals surface area contributed by atoms with Crippen LogP contribution in [0.25, 0.3) is 11.2 Å². The van der Waals surface area contributed by atoms with Gasteiger partial charge in [0.05, 0.1) is 25.4 Å². The first-order chi connectivity index (χ1) is 12.1. The molecular weight excluding hydrogens is 350 g/mol. The zero-order chi connectivity index (χ0) is 18.0. The van der Waals surface area contributed by atoms with Crippen LogP contribution < -0.4 is 5.56 Å². The summed E-state index contributed by atoms with van der Waals surface area (Å²) in [6.07, 6.45) is -1.69. The van der Waals surface area contributed by atoms with E-state index in [0.29, 0.717) is 5.16 Å². The normalized spacial score (nSPS) is 26.6. The molecule has 0 radical (unpaired) electrons. The summed E-state index contributed by atoms with van der Waals surface area (Å²) >= 11 is 1.42. The first-order valence-corrected chi connectivity index (χ1v) is 9.12. The standard InChI is InChI=1S/C14H21N5O5S/c1-2-5-25-14-15-12-9(13(23)16-14)17-18-19(12)7-6-8(24-4-3-20)11(22)10(7)21/h7-8,10-11,20-22H,2-6H2,1H3,(H,15,16,23). The van der Waals surface area contributed by atoms with E-state index in [9.17, 15) is 15.0 Å². The molecule has 0 spiro atoms. The molecular formula is C14H21N5O5S. The van der Waals surface area contributed by atoms with Gasteiger partial charge in [-0.1, -0.05) is 23.9 Å². The Morgan fingerprint density at radius 3 is 2.92 bits per heavy atom. The summed E-state index contributed by atoms with van der Waals surface area (Å²) in [4.78, 5) is 19.2. The van der Waals surface area contributed by atoms with Crippen molar-refractivity contribution in [1.29, 1.82) is 0 Å². The lowest BCUT2D eigenvalue weighted by atomic mass is 10.2. The molecule has 138 valence electrons. The Kier molecular flexibility index (Phi) is 5.69. The fourth-order valence-corrected chi connectivity index (χ4v) is 3.60. The number of nitrogens with one attached hydrogen (secondary N) is 1. The van der Waals surface area contributed by atoms with E-state index in [1.165, 1.54) is 16.4 Å². The predicted molar refractivity (Wildman–Crippen MR) is 89.5 cm³/mol. The monoisotopic (exact) mass is 371 g/mol. The number of H-pyrrole nitrogens is 1. The average Bonchev–Trinajstić information content (AvgIpc) is 3.14. The second-order valence-corrected chi connectivity index (χ2v) is 6.93. The van der Waals surface area contributed by atoms with Crippen molar-refractivity contribution in [1.82, 2.24) is 25.0 Å². The van der Waals surface area contributed by atoms with Crippen LogP contribution in [0, 0.1) is 0 Å². The number of aromatic nitrogens is 5. The van der Waals surface area contributed by atoms with Crippen molar-refractivity contribution in [3.8, 4) is 0 Å². The second-order valence-electron chi connectivity index (χ2n) is 5.84. The molecule has 1 saturated carbocycles. The van der Waals surface area contributed by atoms with E-state index in [1.54, 1.807) is 0 Å². The number of aromatic amines is 1. The zero-order valence-electron chi connectivity index (χ0n) is 13.7. The third kappa shape index (κ3) is 3.55. The molecule has 1 fully saturated rings. The molecule has 0 aromatic carbocycles. The van der Waals surface area contributed by atoms with Crippen LogP contribution in [0.3, 0.4) is 0 Å². The molecule has 2 aromatic heterocycles. The molecule has 1 aliphatic rings. The minimum absolute atomic E-state index is 0.0645. The van der Waals surface area contributed by atoms with Crippen LogP contribution in [-0.4, -0.2) is 77.6 Å². The largest absolute Gasteiger partial charge is 0.394 e. The van der Waals surface area contributed by atoms with Crippen molar-refractivity contribution in [2.75, 3.05) is 19.0 Å². The molecule has 25 heavy (non-hydrogen) atoms. The van der Waals surface area contributed by atoms with E-state index in [-0.39, 0.29) is 30.8 Å². The fourth-order valence-electron chi connectivity index (χ4n) is 2.89. The van der Waals surface area contributed by atoms with Gasteiger partial charge in [0.2, 0.25) is 0 Å². The molecule has 3 rings (SSSR count). The number of fused-ring (bicyclic) bond motifs is 1. The predicted octanol–water partition coefficient (Wildman–Crippen LogP) is -0.939. The molecule has 2 heterocycles. The van der Waals surface area contributed by atoms with E-state index in [0.717, 1.165) is 12.2 Å². The Hall–Kier alpha value is -1.53. The summed E-state index contributed by atoms with van der Waals surface area (Å²) in [5, 5.41) is 37.6. The highest BCUT2D eigenvalue weighted by Gasteiger charge is 2.44. The molecule has 2 aromatic rings. The summed E-state index contributed by atoms with van der Waals surface area (Å²) in [5.41, 5.74) is -0.0420. The maximum atomic E-state index is 12.2. The number of aliphatic hydroxyl groups excluding tert-OH is 3. The van der Waals surface area contributed by atoms with Gasteiger partial charge >= 0.3 is 0 Å². The van der Waals surface area contributed by atoms with Gasteiger partial charge in [0, 0.05) is 12.2 Å². The molecule has 11 heteroatoms. The molecule has 1 aliphatic carbocycles. The highest BCUT2D eigenvalue weighted by atomic mass is 32.2. The van der Waals surface area contributed by atoms with Crippen molar-refractivity contribution in [3.05, 3.63) is 10.4 Å². The van der Waals surface area contributed by atoms with Gasteiger partial charge in [-0.15, -0.1) is 5.10 Å². The smallest absolute Gasteiger partial charge is 0.281 e. The summed E-state index contributed by atoms with van der Waals surface area (Å²) < 4.78 is 6.73. The molecule has 0 amide bonds. The van der Waals surface area contributed by atoms with Crippen molar-refractivity contribution in [2.24, 2.45) is 0 Å². The van der Waals surface area contributed by atoms with E-state index >= 15 is 0 Å². The number of ether oxygens (including phenoxy) is 1. The lowest BCUT2D eigenvalue weighted by molar-refractivity contribution is -0.0629. The summed E-state index contributed by atoms with van der Waals surface area (Å²) in [6.45, 7) is 1.92. The maximum Gasteiger partial charge on any atom is 0.281 e. The Bertz CT molecular complexity index is 781. The fraction of sp³-hybridized carbons (Fsp3) is 0.714. The third-order valence-electron chi connectivity index (χ3n) is 4.09. The molecule has 4 atom stereocenters. The average molecular weight is 371 g/mol. The van der Waals surface area contributed by atoms with Crippen LogP contribution in [0.1, 0.15) is 25.8 Å². The quantitative estimate of drug-likeness (QED) is 0.358. The molecule has 10 nitrogen and oxygen atoms in total. The van der Waals surface area contributed by atoms with E-state index in [1.807, 2.05) is 6.92 Å². The molecule has 4 unspecified atom stereocenters. The SMILES string of the molecule is CCCSc1nc2c(nnn2C2CC(OCCO)C(O)C2O)c(=O)[nH]1. The Balaban J connectivity index is 1.93. The summed E-state index contributed by atoms with van der Waals surface area (Å²) in [5.74, 6) is 0.803. The zero-order valence-corrected chi connectivity index (χ0v) is 14.5. The number of hydrogen-bond donors (Lipinski definition) is 4. The van der Waals surface area contributed by atoms with E-state index in [2.05, 4.69) is 20.3 Å². The topological polar surface area (TPSA) is 146 Å². The highest BCUT2D eigenvalue weighted by Crippen LogP contribution is 2.33. The van der Waals surface area contributed by atoms with Gasteiger partial charge in [-0.2, -0.15) is 0 Å². The number of nitrogens with zero attached hydrogens (tertiary/aromatic N) is 4. The van der Waals surface area contributed by atoms with Gasteiger partial charge < -0.3 is 20.1 Å². The summed E-state index contributed by atoms with van der Waals surface area (Å²) in [6, 6.07) is -0.623. The summed E-state index contributed by atoms with van der Waals surface area (Å²) in [7, 11) is 0. The molecule has 0 bridgehead atoms. The Morgan fingerprint density at radius 2 is 2.20 bits per heavy atom. The van der Waals surface area contributed by atoms with Crippen LogP contribution in [0.2, 0.25) is 0 Å². The van der Waals surface area contributed by atoms with Crippen LogP contribution in [-0.2, 0) is 4.74 Å². The van der Waals surface area contributed by atoms with Crippen molar-refractivity contribution < 1.29 is 20.1 Å². The molecule has 4 N–H and O–H groups in total. The third-order valence-corrected chi connectivity index (χ3v) is 5.17. The van der Waals surface area contributed by atoms with Gasteiger partial charge in [-0.25, -0.2) is 9.67 Å².